The molecule has 5 heteroatoms. The lowest BCUT2D eigenvalue weighted by Gasteiger charge is -2.35. The highest BCUT2D eigenvalue weighted by molar-refractivity contribution is 6.33. The fraction of sp³-hybridized carbons (Fsp3) is 0.462. The monoisotopic (exact) mass is 269 g/mol. The van der Waals surface area contributed by atoms with Gasteiger partial charge in [-0.05, 0) is 32.0 Å². The van der Waals surface area contributed by atoms with Crippen molar-refractivity contribution in [2.45, 2.75) is 26.1 Å². The van der Waals surface area contributed by atoms with E-state index < -0.39 is 0 Å². The zero-order chi connectivity index (χ0) is 13.3. The van der Waals surface area contributed by atoms with Gasteiger partial charge in [-0.3, -0.25) is 4.79 Å². The van der Waals surface area contributed by atoms with Crippen molar-refractivity contribution in [1.29, 1.82) is 0 Å². The molecule has 1 aromatic rings. The van der Waals surface area contributed by atoms with Gasteiger partial charge in [0.1, 0.15) is 5.75 Å². The quantitative estimate of drug-likeness (QED) is 0.851. The molecule has 1 N–H and O–H groups in total. The minimum absolute atomic E-state index is 0.00813. The zero-order valence-corrected chi connectivity index (χ0v) is 11.1. The maximum atomic E-state index is 12.3. The van der Waals surface area contributed by atoms with Crippen LogP contribution in [-0.2, 0) is 4.74 Å². The van der Waals surface area contributed by atoms with Crippen molar-refractivity contribution in [1.82, 2.24) is 4.90 Å². The Morgan fingerprint density at radius 1 is 1.39 bits per heavy atom. The normalized spacial score (nSPS) is 24.1. The van der Waals surface area contributed by atoms with Gasteiger partial charge in [0.2, 0.25) is 0 Å². The maximum absolute atomic E-state index is 12.3. The lowest BCUT2D eigenvalue weighted by molar-refractivity contribution is -0.0586. The van der Waals surface area contributed by atoms with Crippen molar-refractivity contribution < 1.29 is 14.6 Å². The van der Waals surface area contributed by atoms with E-state index in [0.717, 1.165) is 0 Å². The van der Waals surface area contributed by atoms with Crippen molar-refractivity contribution in [3.63, 3.8) is 0 Å². The first-order valence-electron chi connectivity index (χ1n) is 5.90. The van der Waals surface area contributed by atoms with Gasteiger partial charge in [0, 0.05) is 13.1 Å². The molecule has 0 unspecified atom stereocenters. The molecule has 18 heavy (non-hydrogen) atoms. The molecule has 2 rings (SSSR count). The molecule has 0 aromatic heterocycles. The molecule has 1 aliphatic rings. The molecule has 0 radical (unpaired) electrons. The van der Waals surface area contributed by atoms with E-state index in [4.69, 9.17) is 16.3 Å². The van der Waals surface area contributed by atoms with Crippen LogP contribution in [0.5, 0.6) is 5.75 Å². The summed E-state index contributed by atoms with van der Waals surface area (Å²) in [6.07, 6.45) is 0.0163. The van der Waals surface area contributed by atoms with Crippen LogP contribution in [0, 0.1) is 0 Å². The molecule has 0 saturated carbocycles. The molecule has 1 saturated heterocycles. The van der Waals surface area contributed by atoms with E-state index in [1.165, 1.54) is 18.2 Å². The fourth-order valence-corrected chi connectivity index (χ4v) is 2.39. The second-order valence-corrected chi connectivity index (χ2v) is 5.04. The second-order valence-electron chi connectivity index (χ2n) is 4.63. The Bertz CT molecular complexity index is 454. The van der Waals surface area contributed by atoms with Crippen LogP contribution in [0.1, 0.15) is 24.2 Å². The molecule has 0 bridgehead atoms. The first kappa shape index (κ1) is 13.2. The third-order valence-corrected chi connectivity index (χ3v) is 3.22. The highest BCUT2D eigenvalue weighted by Crippen LogP contribution is 2.24. The standard InChI is InChI=1S/C13H16ClNO3/c1-8-6-15(7-9(2)18-8)13(17)11-5-10(16)3-4-12(11)14/h3-5,8-9,16H,6-7H2,1-2H3/t8-,9+. The summed E-state index contributed by atoms with van der Waals surface area (Å²) < 4.78 is 5.58. The largest absolute Gasteiger partial charge is 0.508 e. The first-order valence-corrected chi connectivity index (χ1v) is 6.28. The summed E-state index contributed by atoms with van der Waals surface area (Å²) in [5.41, 5.74) is 0.331. The van der Waals surface area contributed by atoms with Crippen molar-refractivity contribution in [3.8, 4) is 5.75 Å². The Kier molecular flexibility index (Phi) is 3.78. The van der Waals surface area contributed by atoms with Crippen molar-refractivity contribution in [2.75, 3.05) is 13.1 Å². The van der Waals surface area contributed by atoms with Gasteiger partial charge in [-0.1, -0.05) is 11.6 Å². The Hall–Kier alpha value is -1.26. The molecule has 2 atom stereocenters. The number of nitrogens with zero attached hydrogens (tertiary/aromatic N) is 1. The molecule has 0 spiro atoms. The molecule has 1 aliphatic heterocycles. The summed E-state index contributed by atoms with van der Waals surface area (Å²) in [5.74, 6) is -0.130. The van der Waals surface area contributed by atoms with Crippen molar-refractivity contribution in [3.05, 3.63) is 28.8 Å². The Balaban J connectivity index is 2.22. The van der Waals surface area contributed by atoms with Crippen LogP contribution in [0.3, 0.4) is 0 Å². The van der Waals surface area contributed by atoms with E-state index >= 15 is 0 Å². The summed E-state index contributed by atoms with van der Waals surface area (Å²) in [7, 11) is 0. The van der Waals surface area contributed by atoms with Gasteiger partial charge < -0.3 is 14.7 Å². The van der Waals surface area contributed by atoms with E-state index in [1.54, 1.807) is 4.90 Å². The van der Waals surface area contributed by atoms with Gasteiger partial charge in [0.25, 0.3) is 5.91 Å². The van der Waals surface area contributed by atoms with Crippen LogP contribution in [0.4, 0.5) is 0 Å². The highest BCUT2D eigenvalue weighted by Gasteiger charge is 2.27. The topological polar surface area (TPSA) is 49.8 Å². The molecular formula is C13H16ClNO3. The van der Waals surface area contributed by atoms with Crippen LogP contribution in [-0.4, -0.2) is 41.2 Å². The number of hydrogen-bond acceptors (Lipinski definition) is 3. The number of morpholine rings is 1. The Morgan fingerprint density at radius 3 is 2.61 bits per heavy atom. The number of hydrogen-bond donors (Lipinski definition) is 1. The number of carbonyl (C=O) groups is 1. The number of amides is 1. The second kappa shape index (κ2) is 5.16. The third kappa shape index (κ3) is 2.76. The van der Waals surface area contributed by atoms with Gasteiger partial charge in [0.05, 0.1) is 22.8 Å². The average Bonchev–Trinajstić information content (AvgIpc) is 2.30. The highest BCUT2D eigenvalue weighted by atomic mass is 35.5. The molecule has 0 aliphatic carbocycles. The number of rotatable bonds is 1. The van der Waals surface area contributed by atoms with Crippen LogP contribution in [0.25, 0.3) is 0 Å². The van der Waals surface area contributed by atoms with Gasteiger partial charge in [-0.15, -0.1) is 0 Å². The van der Waals surface area contributed by atoms with Crippen LogP contribution in [0.2, 0.25) is 5.02 Å². The minimum Gasteiger partial charge on any atom is -0.508 e. The first-order chi connectivity index (χ1) is 8.47. The SMILES string of the molecule is C[C@@H]1CN(C(=O)c2cc(O)ccc2Cl)C[C@H](C)O1. The molecule has 4 nitrogen and oxygen atoms in total. The van der Waals surface area contributed by atoms with E-state index in [9.17, 15) is 9.90 Å². The minimum atomic E-state index is -0.169. The number of ether oxygens (including phenoxy) is 1. The summed E-state index contributed by atoms with van der Waals surface area (Å²) in [6.45, 7) is 4.93. The van der Waals surface area contributed by atoms with Gasteiger partial charge in [-0.25, -0.2) is 0 Å². The molecule has 1 fully saturated rings. The van der Waals surface area contributed by atoms with E-state index in [1.807, 2.05) is 13.8 Å². The summed E-state index contributed by atoms with van der Waals surface area (Å²) in [4.78, 5) is 14.0. The Morgan fingerprint density at radius 2 is 2.00 bits per heavy atom. The van der Waals surface area contributed by atoms with Gasteiger partial charge >= 0.3 is 0 Å². The number of carbonyl (C=O) groups excluding carboxylic acids is 1. The molecular weight excluding hydrogens is 254 g/mol. The van der Waals surface area contributed by atoms with Crippen molar-refractivity contribution >= 4 is 17.5 Å². The molecule has 1 heterocycles. The average molecular weight is 270 g/mol. The van der Waals surface area contributed by atoms with Crippen LogP contribution < -0.4 is 0 Å². The smallest absolute Gasteiger partial charge is 0.255 e. The molecule has 98 valence electrons. The van der Waals surface area contributed by atoms with Gasteiger partial charge in [-0.2, -0.15) is 0 Å². The summed E-state index contributed by atoms with van der Waals surface area (Å²) in [6, 6.07) is 4.39. The van der Waals surface area contributed by atoms with Crippen LogP contribution in [0.15, 0.2) is 18.2 Å². The maximum Gasteiger partial charge on any atom is 0.255 e. The molecule has 1 aromatic carbocycles. The van der Waals surface area contributed by atoms with Crippen LogP contribution >= 0.6 is 11.6 Å². The lowest BCUT2D eigenvalue weighted by atomic mass is 10.1. The van der Waals surface area contributed by atoms with E-state index in [-0.39, 0.29) is 23.9 Å². The lowest BCUT2D eigenvalue weighted by Crippen LogP contribution is -2.48. The van der Waals surface area contributed by atoms with Crippen molar-refractivity contribution in [2.24, 2.45) is 0 Å². The fourth-order valence-electron chi connectivity index (χ4n) is 2.19. The zero-order valence-electron chi connectivity index (χ0n) is 10.4. The number of phenolic OH excluding ortho intramolecular Hbond substituents is 1. The van der Waals surface area contributed by atoms with Gasteiger partial charge in [0.15, 0.2) is 0 Å². The number of aromatic hydroxyl groups is 1. The van der Waals surface area contributed by atoms with E-state index in [2.05, 4.69) is 0 Å². The predicted octanol–water partition coefficient (Wildman–Crippen LogP) is 2.29. The third-order valence-electron chi connectivity index (χ3n) is 2.89. The molecule has 1 amide bonds. The van der Waals surface area contributed by atoms with E-state index in [0.29, 0.717) is 23.7 Å². The Labute approximate surface area is 111 Å². The summed E-state index contributed by atoms with van der Waals surface area (Å²) >= 11 is 5.99. The predicted molar refractivity (Wildman–Crippen MR) is 69.0 cm³/mol. The number of benzene rings is 1. The number of halogens is 1. The summed E-state index contributed by atoms with van der Waals surface area (Å²) in [5, 5.41) is 9.79. The number of phenols is 1.